The van der Waals surface area contributed by atoms with Gasteiger partial charge in [0.2, 0.25) is 5.75 Å². The number of halogens is 1. The van der Waals surface area contributed by atoms with Crippen LogP contribution >= 0.6 is 0 Å². The summed E-state index contributed by atoms with van der Waals surface area (Å²) in [5.74, 6) is -1.07. The third-order valence-electron chi connectivity index (χ3n) is 2.54. The van der Waals surface area contributed by atoms with Gasteiger partial charge in [-0.05, 0) is 18.9 Å². The molecular formula is C10H11FN2O3. The van der Waals surface area contributed by atoms with Crippen LogP contribution in [0, 0.1) is 15.9 Å². The summed E-state index contributed by atoms with van der Waals surface area (Å²) in [5.41, 5.74) is 4.95. The Kier molecular flexibility index (Phi) is 2.51. The summed E-state index contributed by atoms with van der Waals surface area (Å²) in [6, 6.07) is 3.60. The minimum absolute atomic E-state index is 0.106. The van der Waals surface area contributed by atoms with Crippen LogP contribution in [0.25, 0.3) is 0 Å². The first kappa shape index (κ1) is 10.8. The molecule has 0 spiro atoms. The standard InChI is InChI=1S/C10H11FN2O3/c11-7-2-1-3-8(13(14)15)9(7)16-6-10(12)4-5-10/h1-3H,4-6,12H2. The molecule has 0 aromatic heterocycles. The molecule has 0 aliphatic heterocycles. The van der Waals surface area contributed by atoms with Crippen LogP contribution in [0.1, 0.15) is 12.8 Å². The van der Waals surface area contributed by atoms with Crippen molar-refractivity contribution in [3.63, 3.8) is 0 Å². The molecule has 0 saturated heterocycles. The van der Waals surface area contributed by atoms with Gasteiger partial charge in [-0.3, -0.25) is 10.1 Å². The summed E-state index contributed by atoms with van der Waals surface area (Å²) in [4.78, 5) is 9.97. The van der Waals surface area contributed by atoms with Crippen molar-refractivity contribution in [2.75, 3.05) is 6.61 Å². The Balaban J connectivity index is 2.20. The maximum atomic E-state index is 13.3. The van der Waals surface area contributed by atoms with Gasteiger partial charge in [0.15, 0.2) is 5.82 Å². The lowest BCUT2D eigenvalue weighted by atomic mass is 10.2. The van der Waals surface area contributed by atoms with Crippen LogP contribution in [0.5, 0.6) is 5.75 Å². The highest BCUT2D eigenvalue weighted by Gasteiger charge is 2.39. The van der Waals surface area contributed by atoms with Gasteiger partial charge < -0.3 is 10.5 Å². The fourth-order valence-electron chi connectivity index (χ4n) is 1.30. The molecule has 1 aliphatic rings. The molecule has 0 unspecified atom stereocenters. The molecule has 5 nitrogen and oxygen atoms in total. The van der Waals surface area contributed by atoms with Gasteiger partial charge >= 0.3 is 5.69 Å². The van der Waals surface area contributed by atoms with E-state index in [2.05, 4.69) is 0 Å². The quantitative estimate of drug-likeness (QED) is 0.624. The van der Waals surface area contributed by atoms with E-state index >= 15 is 0 Å². The van der Waals surface area contributed by atoms with Crippen molar-refractivity contribution >= 4 is 5.69 Å². The van der Waals surface area contributed by atoms with E-state index in [1.165, 1.54) is 12.1 Å². The van der Waals surface area contributed by atoms with Crippen molar-refractivity contribution in [3.05, 3.63) is 34.1 Å². The lowest BCUT2D eigenvalue weighted by molar-refractivity contribution is -0.386. The lowest BCUT2D eigenvalue weighted by Crippen LogP contribution is -2.30. The number of hydrogen-bond acceptors (Lipinski definition) is 4. The number of hydrogen-bond donors (Lipinski definition) is 1. The minimum atomic E-state index is -0.738. The molecule has 86 valence electrons. The van der Waals surface area contributed by atoms with Crippen molar-refractivity contribution in [2.45, 2.75) is 18.4 Å². The predicted molar refractivity (Wildman–Crippen MR) is 54.7 cm³/mol. The molecule has 1 aromatic carbocycles. The lowest BCUT2D eigenvalue weighted by Gasteiger charge is -2.11. The first-order chi connectivity index (χ1) is 7.52. The third-order valence-corrected chi connectivity index (χ3v) is 2.54. The Morgan fingerprint density at radius 2 is 2.25 bits per heavy atom. The van der Waals surface area contributed by atoms with E-state index < -0.39 is 16.3 Å². The molecular weight excluding hydrogens is 215 g/mol. The van der Waals surface area contributed by atoms with Gasteiger partial charge in [0.05, 0.1) is 10.5 Å². The normalized spacial score (nSPS) is 16.9. The van der Waals surface area contributed by atoms with E-state index in [1.807, 2.05) is 0 Å². The third kappa shape index (κ3) is 2.11. The van der Waals surface area contributed by atoms with E-state index in [-0.39, 0.29) is 18.0 Å². The highest BCUT2D eigenvalue weighted by atomic mass is 19.1. The second kappa shape index (κ2) is 3.71. The maximum Gasteiger partial charge on any atom is 0.314 e. The number of nitro benzene ring substituents is 1. The second-order valence-electron chi connectivity index (χ2n) is 4.00. The smallest absolute Gasteiger partial charge is 0.314 e. The molecule has 2 rings (SSSR count). The van der Waals surface area contributed by atoms with E-state index in [0.717, 1.165) is 18.9 Å². The first-order valence-corrected chi connectivity index (χ1v) is 4.86. The number of ether oxygens (including phenoxy) is 1. The van der Waals surface area contributed by atoms with Crippen LogP contribution < -0.4 is 10.5 Å². The summed E-state index contributed by atoms with van der Waals surface area (Å²) in [6.45, 7) is 0.106. The minimum Gasteiger partial charge on any atom is -0.483 e. The molecule has 0 amide bonds. The van der Waals surface area contributed by atoms with E-state index in [0.29, 0.717) is 0 Å². The molecule has 1 aliphatic carbocycles. The molecule has 6 heteroatoms. The van der Waals surface area contributed by atoms with Crippen molar-refractivity contribution in [1.29, 1.82) is 0 Å². The largest absolute Gasteiger partial charge is 0.483 e. The molecule has 16 heavy (non-hydrogen) atoms. The van der Waals surface area contributed by atoms with Crippen molar-refractivity contribution in [1.82, 2.24) is 0 Å². The summed E-state index contributed by atoms with van der Waals surface area (Å²) in [7, 11) is 0. The van der Waals surface area contributed by atoms with Gasteiger partial charge in [-0.1, -0.05) is 6.07 Å². The van der Waals surface area contributed by atoms with E-state index in [1.54, 1.807) is 0 Å². The average Bonchev–Trinajstić information content (AvgIpc) is 2.95. The number of nitrogens with zero attached hydrogens (tertiary/aromatic N) is 1. The summed E-state index contributed by atoms with van der Waals surface area (Å²) >= 11 is 0. The molecule has 1 fully saturated rings. The predicted octanol–water partition coefficient (Wildman–Crippen LogP) is 1.60. The van der Waals surface area contributed by atoms with Gasteiger partial charge in [0, 0.05) is 6.07 Å². The molecule has 0 bridgehead atoms. The van der Waals surface area contributed by atoms with Gasteiger partial charge in [0.1, 0.15) is 6.61 Å². The fourth-order valence-corrected chi connectivity index (χ4v) is 1.30. The van der Waals surface area contributed by atoms with E-state index in [4.69, 9.17) is 10.5 Å². The van der Waals surface area contributed by atoms with Crippen LogP contribution in [-0.4, -0.2) is 17.1 Å². The van der Waals surface area contributed by atoms with Gasteiger partial charge in [-0.25, -0.2) is 4.39 Å². The molecule has 0 radical (unpaired) electrons. The van der Waals surface area contributed by atoms with E-state index in [9.17, 15) is 14.5 Å². The van der Waals surface area contributed by atoms with Crippen LogP contribution in [0.2, 0.25) is 0 Å². The van der Waals surface area contributed by atoms with Crippen LogP contribution in [-0.2, 0) is 0 Å². The topological polar surface area (TPSA) is 78.4 Å². The van der Waals surface area contributed by atoms with Gasteiger partial charge in [-0.15, -0.1) is 0 Å². The van der Waals surface area contributed by atoms with Crippen molar-refractivity contribution < 1.29 is 14.1 Å². The van der Waals surface area contributed by atoms with Crippen LogP contribution in [0.15, 0.2) is 18.2 Å². The first-order valence-electron chi connectivity index (χ1n) is 4.86. The Hall–Kier alpha value is -1.69. The molecule has 0 atom stereocenters. The fraction of sp³-hybridized carbons (Fsp3) is 0.400. The van der Waals surface area contributed by atoms with Crippen LogP contribution in [0.3, 0.4) is 0 Å². The summed E-state index contributed by atoms with van der Waals surface area (Å²) in [5, 5.41) is 10.6. The zero-order valence-electron chi connectivity index (χ0n) is 8.48. The van der Waals surface area contributed by atoms with Gasteiger partial charge in [-0.2, -0.15) is 0 Å². The zero-order chi connectivity index (χ0) is 11.8. The number of nitro groups is 1. The number of rotatable bonds is 4. The Labute approximate surface area is 91.2 Å². The Bertz CT molecular complexity index is 432. The molecule has 0 heterocycles. The SMILES string of the molecule is NC1(COc2c(F)cccc2[N+](=O)[O-])CC1. The Morgan fingerprint density at radius 1 is 1.56 bits per heavy atom. The average molecular weight is 226 g/mol. The van der Waals surface area contributed by atoms with Crippen LogP contribution in [0.4, 0.5) is 10.1 Å². The highest BCUT2D eigenvalue weighted by Crippen LogP contribution is 2.35. The maximum absolute atomic E-state index is 13.3. The Morgan fingerprint density at radius 3 is 2.81 bits per heavy atom. The number of para-hydroxylation sites is 1. The summed E-state index contributed by atoms with van der Waals surface area (Å²) in [6.07, 6.45) is 1.60. The van der Waals surface area contributed by atoms with Crippen molar-refractivity contribution in [2.24, 2.45) is 5.73 Å². The molecule has 1 aromatic rings. The van der Waals surface area contributed by atoms with Gasteiger partial charge in [0.25, 0.3) is 0 Å². The zero-order valence-corrected chi connectivity index (χ0v) is 8.48. The van der Waals surface area contributed by atoms with Crippen molar-refractivity contribution in [3.8, 4) is 5.75 Å². The number of benzene rings is 1. The molecule has 2 N–H and O–H groups in total. The highest BCUT2D eigenvalue weighted by molar-refractivity contribution is 5.47. The monoisotopic (exact) mass is 226 g/mol. The molecule has 1 saturated carbocycles. The number of nitrogens with two attached hydrogens (primary N) is 1. The summed E-state index contributed by atoms with van der Waals surface area (Å²) < 4.78 is 18.5. The second-order valence-corrected chi connectivity index (χ2v) is 4.00.